The number of nitrogens with one attached hydrogen (secondary N) is 1. The first-order valence-electron chi connectivity index (χ1n) is 10.3. The Hall–Kier alpha value is -2.93. The smallest absolute Gasteiger partial charge is 0.262 e. The molecule has 3 heterocycles. The number of amides is 1. The van der Waals surface area contributed by atoms with Crippen molar-refractivity contribution in [1.29, 1.82) is 0 Å². The van der Waals surface area contributed by atoms with Gasteiger partial charge in [0.25, 0.3) is 5.56 Å². The average molecular weight is 422 g/mol. The van der Waals surface area contributed by atoms with Gasteiger partial charge in [-0.05, 0) is 49.8 Å². The molecule has 7 heteroatoms. The fraction of sp³-hybridized carbons (Fsp3) is 0.348. The molecular weight excluding hydrogens is 398 g/mol. The van der Waals surface area contributed by atoms with Crippen molar-refractivity contribution >= 4 is 38.4 Å². The van der Waals surface area contributed by atoms with E-state index < -0.39 is 0 Å². The van der Waals surface area contributed by atoms with E-state index in [4.69, 9.17) is 4.42 Å². The minimum atomic E-state index is -0.298. The van der Waals surface area contributed by atoms with Gasteiger partial charge in [0.15, 0.2) is 0 Å². The maximum absolute atomic E-state index is 13.1. The molecule has 0 fully saturated rings. The van der Waals surface area contributed by atoms with Gasteiger partial charge in [0.2, 0.25) is 5.91 Å². The lowest BCUT2D eigenvalue weighted by Crippen LogP contribution is -2.34. The number of aromatic nitrogens is 2. The number of aryl methyl sites for hydroxylation is 1. The van der Waals surface area contributed by atoms with Crippen molar-refractivity contribution in [1.82, 2.24) is 14.9 Å². The van der Waals surface area contributed by atoms with Crippen LogP contribution in [0.5, 0.6) is 0 Å². The van der Waals surface area contributed by atoms with E-state index in [0.717, 1.165) is 40.6 Å². The Kier molecular flexibility index (Phi) is 4.70. The minimum absolute atomic E-state index is 0.0621. The van der Waals surface area contributed by atoms with Crippen LogP contribution in [0.1, 0.15) is 42.5 Å². The van der Waals surface area contributed by atoms with Crippen LogP contribution >= 0.6 is 11.3 Å². The van der Waals surface area contributed by atoms with E-state index in [1.165, 1.54) is 15.8 Å². The lowest BCUT2D eigenvalue weighted by molar-refractivity contribution is -0.122. The van der Waals surface area contributed by atoms with Gasteiger partial charge < -0.3 is 9.73 Å². The van der Waals surface area contributed by atoms with Gasteiger partial charge in [-0.25, -0.2) is 4.98 Å². The minimum Gasteiger partial charge on any atom is -0.459 e. The lowest BCUT2D eigenvalue weighted by atomic mass is 9.89. The highest BCUT2D eigenvalue weighted by atomic mass is 32.1. The van der Waals surface area contributed by atoms with E-state index in [-0.39, 0.29) is 24.1 Å². The van der Waals surface area contributed by atoms with Crippen LogP contribution in [0.15, 0.2) is 45.9 Å². The maximum atomic E-state index is 13.1. The predicted molar refractivity (Wildman–Crippen MR) is 118 cm³/mol. The van der Waals surface area contributed by atoms with Crippen LogP contribution in [0, 0.1) is 5.92 Å². The summed E-state index contributed by atoms with van der Waals surface area (Å²) < 4.78 is 7.24. The Balaban J connectivity index is 1.36. The molecule has 6 nitrogen and oxygen atoms in total. The van der Waals surface area contributed by atoms with E-state index in [2.05, 4.69) is 17.2 Å². The number of para-hydroxylation sites is 1. The number of hydrogen-bond acceptors (Lipinski definition) is 5. The third-order valence-electron chi connectivity index (χ3n) is 5.85. The zero-order valence-electron chi connectivity index (χ0n) is 17.0. The number of benzene rings is 1. The van der Waals surface area contributed by atoms with Crippen LogP contribution in [-0.2, 0) is 24.2 Å². The number of thiophene rings is 1. The summed E-state index contributed by atoms with van der Waals surface area (Å²) in [6.07, 6.45) is 4.49. The van der Waals surface area contributed by atoms with Gasteiger partial charge in [0, 0.05) is 10.3 Å². The summed E-state index contributed by atoms with van der Waals surface area (Å²) in [4.78, 5) is 32.2. The van der Waals surface area contributed by atoms with E-state index in [9.17, 15) is 9.59 Å². The van der Waals surface area contributed by atoms with Gasteiger partial charge in [-0.1, -0.05) is 25.1 Å². The molecule has 0 saturated heterocycles. The summed E-state index contributed by atoms with van der Waals surface area (Å²) in [6.45, 7) is 4.05. The van der Waals surface area contributed by atoms with Gasteiger partial charge >= 0.3 is 0 Å². The molecule has 2 atom stereocenters. The molecule has 1 amide bonds. The molecule has 154 valence electrons. The van der Waals surface area contributed by atoms with Gasteiger partial charge in [-0.3, -0.25) is 14.2 Å². The molecule has 0 unspecified atom stereocenters. The Labute approximate surface area is 177 Å². The highest BCUT2D eigenvalue weighted by Crippen LogP contribution is 2.35. The number of hydrogen-bond donors (Lipinski definition) is 1. The van der Waals surface area contributed by atoms with Crippen LogP contribution < -0.4 is 10.9 Å². The summed E-state index contributed by atoms with van der Waals surface area (Å²) in [5, 5.41) is 4.62. The number of fused-ring (bicyclic) bond motifs is 4. The largest absolute Gasteiger partial charge is 0.459 e. The average Bonchev–Trinajstić information content (AvgIpc) is 3.31. The number of rotatable bonds is 4. The first kappa shape index (κ1) is 19.1. The maximum Gasteiger partial charge on any atom is 0.262 e. The number of carbonyl (C=O) groups excluding carboxylic acids is 1. The van der Waals surface area contributed by atoms with Crippen LogP contribution in [0.3, 0.4) is 0 Å². The molecule has 30 heavy (non-hydrogen) atoms. The topological polar surface area (TPSA) is 77.1 Å². The molecule has 5 rings (SSSR count). The lowest BCUT2D eigenvalue weighted by Gasteiger charge is -2.17. The van der Waals surface area contributed by atoms with Crippen molar-refractivity contribution in [2.75, 3.05) is 0 Å². The number of nitrogens with zero attached hydrogens (tertiary/aromatic N) is 2. The van der Waals surface area contributed by atoms with Gasteiger partial charge in [-0.2, -0.15) is 0 Å². The first-order chi connectivity index (χ1) is 14.5. The summed E-state index contributed by atoms with van der Waals surface area (Å²) in [6, 6.07) is 9.37. The van der Waals surface area contributed by atoms with Crippen molar-refractivity contribution in [3.05, 3.63) is 63.2 Å². The second-order valence-electron chi connectivity index (χ2n) is 8.19. The third kappa shape index (κ3) is 3.33. The Morgan fingerprint density at radius 1 is 1.40 bits per heavy atom. The summed E-state index contributed by atoms with van der Waals surface area (Å²) in [5.74, 6) is 1.08. The molecular formula is C23H23N3O3S. The summed E-state index contributed by atoms with van der Waals surface area (Å²) >= 11 is 1.62. The van der Waals surface area contributed by atoms with Crippen molar-refractivity contribution in [2.45, 2.75) is 45.7 Å². The Morgan fingerprint density at radius 3 is 3.07 bits per heavy atom. The third-order valence-corrected chi connectivity index (χ3v) is 7.01. The molecule has 1 N–H and O–H groups in total. The van der Waals surface area contributed by atoms with Crippen molar-refractivity contribution in [2.24, 2.45) is 5.92 Å². The normalized spacial score (nSPS) is 17.2. The number of carbonyl (C=O) groups is 1. The highest BCUT2D eigenvalue weighted by molar-refractivity contribution is 7.18. The van der Waals surface area contributed by atoms with Crippen molar-refractivity contribution in [3.63, 3.8) is 0 Å². The quantitative estimate of drug-likeness (QED) is 0.536. The summed E-state index contributed by atoms with van der Waals surface area (Å²) in [5.41, 5.74) is 1.80. The van der Waals surface area contributed by atoms with Gasteiger partial charge in [0.1, 0.15) is 22.7 Å². The zero-order valence-corrected chi connectivity index (χ0v) is 17.8. The van der Waals surface area contributed by atoms with E-state index in [1.807, 2.05) is 37.3 Å². The Bertz CT molecular complexity index is 1280. The fourth-order valence-corrected chi connectivity index (χ4v) is 5.55. The number of furan rings is 1. The molecule has 3 aromatic heterocycles. The Morgan fingerprint density at radius 2 is 2.23 bits per heavy atom. The van der Waals surface area contributed by atoms with Gasteiger partial charge in [-0.15, -0.1) is 11.3 Å². The van der Waals surface area contributed by atoms with Crippen molar-refractivity contribution in [3.8, 4) is 0 Å². The zero-order chi connectivity index (χ0) is 20.8. The molecule has 0 spiro atoms. The van der Waals surface area contributed by atoms with Crippen LogP contribution in [-0.4, -0.2) is 15.5 Å². The molecule has 1 aliphatic rings. The molecule has 0 aliphatic heterocycles. The monoisotopic (exact) mass is 421 g/mol. The van der Waals surface area contributed by atoms with Crippen LogP contribution in [0.25, 0.3) is 21.2 Å². The first-order valence-corrected chi connectivity index (χ1v) is 11.1. The molecule has 4 aromatic rings. The summed E-state index contributed by atoms with van der Waals surface area (Å²) in [7, 11) is 0. The van der Waals surface area contributed by atoms with E-state index in [1.54, 1.807) is 11.3 Å². The van der Waals surface area contributed by atoms with E-state index >= 15 is 0 Å². The molecule has 1 aliphatic carbocycles. The molecule has 0 radical (unpaired) electrons. The van der Waals surface area contributed by atoms with Crippen LogP contribution in [0.2, 0.25) is 0 Å². The fourth-order valence-electron chi connectivity index (χ4n) is 4.21. The van der Waals surface area contributed by atoms with Gasteiger partial charge in [0.05, 0.1) is 17.8 Å². The molecule has 1 aromatic carbocycles. The molecule has 0 bridgehead atoms. The van der Waals surface area contributed by atoms with Crippen molar-refractivity contribution < 1.29 is 9.21 Å². The second-order valence-corrected chi connectivity index (χ2v) is 9.27. The SMILES string of the molecule is C[C@H]1CCc2c(sc3ncn(CC(=O)N[C@@H](C)c4cc5ccccc5o4)c(=O)c23)C1. The predicted octanol–water partition coefficient (Wildman–Crippen LogP) is 4.21. The highest BCUT2D eigenvalue weighted by Gasteiger charge is 2.23. The van der Waals surface area contributed by atoms with E-state index in [0.29, 0.717) is 17.1 Å². The standard InChI is InChI=1S/C23H23N3O3S/c1-13-7-8-16-19(9-13)30-22-21(16)23(28)26(12-24-22)11-20(27)25-14(2)18-10-15-5-3-4-6-17(15)29-18/h3-6,10,12-14H,7-9,11H2,1-2H3,(H,25,27)/t13-,14-/m0/s1. The second kappa shape index (κ2) is 7.40. The molecule has 0 saturated carbocycles. The van der Waals surface area contributed by atoms with Crippen LogP contribution in [0.4, 0.5) is 0 Å².